The van der Waals surface area contributed by atoms with Crippen molar-refractivity contribution in [3.63, 3.8) is 0 Å². The number of carbonyl (C=O) groups is 1. The Labute approximate surface area is 179 Å². The van der Waals surface area contributed by atoms with E-state index in [1.807, 2.05) is 0 Å². The van der Waals surface area contributed by atoms with Crippen molar-refractivity contribution in [1.82, 2.24) is 10.6 Å². The molecule has 1 heterocycles. The van der Waals surface area contributed by atoms with Crippen LogP contribution in [0.1, 0.15) is 45.6 Å². The van der Waals surface area contributed by atoms with Gasteiger partial charge in [0.2, 0.25) is 0 Å². The number of nitrogens with one attached hydrogen (secondary N) is 2. The number of methoxy groups -OCH3 is 1. The summed E-state index contributed by atoms with van der Waals surface area (Å²) in [5.41, 5.74) is -2.03. The molecule has 0 bridgehead atoms. The molecule has 166 valence electrons. The van der Waals surface area contributed by atoms with Crippen molar-refractivity contribution in [1.29, 1.82) is 0 Å². The molecule has 2 N–H and O–H groups in total. The summed E-state index contributed by atoms with van der Waals surface area (Å²) in [6.45, 7) is 5.32. The van der Waals surface area contributed by atoms with Crippen LogP contribution in [-0.2, 0) is 15.0 Å². The van der Waals surface area contributed by atoms with Gasteiger partial charge in [0.1, 0.15) is 16.9 Å². The summed E-state index contributed by atoms with van der Waals surface area (Å²) in [5, 5.41) is 17.5. The van der Waals surface area contributed by atoms with Gasteiger partial charge in [0.15, 0.2) is 0 Å². The van der Waals surface area contributed by atoms with Crippen molar-refractivity contribution in [3.8, 4) is 0 Å². The summed E-state index contributed by atoms with van der Waals surface area (Å²) >= 11 is 1.50. The molecule has 10 heteroatoms. The minimum absolute atomic E-state index is 0.0297. The molecular formula is C20H28FN3O5S. The second kappa shape index (κ2) is 8.68. The average Bonchev–Trinajstić information content (AvgIpc) is 2.65. The third kappa shape index (κ3) is 4.87. The number of rotatable bonds is 4. The van der Waals surface area contributed by atoms with Gasteiger partial charge in [-0.05, 0) is 52.0 Å². The predicted octanol–water partition coefficient (Wildman–Crippen LogP) is 3.89. The molecule has 1 aliphatic carbocycles. The van der Waals surface area contributed by atoms with Gasteiger partial charge in [-0.15, -0.1) is 11.8 Å². The molecule has 1 saturated carbocycles. The molecule has 0 radical (unpaired) electrons. The Hall–Kier alpha value is -1.91. The van der Waals surface area contributed by atoms with Gasteiger partial charge in [-0.1, -0.05) is 0 Å². The SMILES string of the molecule is COC1CCC2CSC(NC(=O)OC(C)(C)C)NC2(c2cc([N+](=O)[O-])ccc2F)C1. The number of nitrogens with zero attached hydrogens (tertiary/aromatic N) is 1. The maximum Gasteiger partial charge on any atom is 0.409 e. The van der Waals surface area contributed by atoms with Gasteiger partial charge < -0.3 is 9.47 Å². The van der Waals surface area contributed by atoms with Gasteiger partial charge in [-0.25, -0.2) is 9.18 Å². The van der Waals surface area contributed by atoms with E-state index >= 15 is 4.39 Å². The lowest BCUT2D eigenvalue weighted by Crippen LogP contribution is -2.63. The third-order valence-electron chi connectivity index (χ3n) is 5.56. The van der Waals surface area contributed by atoms with Crippen LogP contribution in [0, 0.1) is 21.8 Å². The van der Waals surface area contributed by atoms with Crippen molar-refractivity contribution < 1.29 is 23.6 Å². The first-order valence-corrected chi connectivity index (χ1v) is 10.9. The van der Waals surface area contributed by atoms with Crippen LogP contribution in [0.4, 0.5) is 14.9 Å². The van der Waals surface area contributed by atoms with Crippen LogP contribution < -0.4 is 10.6 Å². The number of ether oxygens (including phenoxy) is 2. The van der Waals surface area contributed by atoms with Crippen LogP contribution in [0.2, 0.25) is 0 Å². The number of halogens is 1. The summed E-state index contributed by atoms with van der Waals surface area (Å²) in [4.78, 5) is 23.1. The van der Waals surface area contributed by atoms with E-state index in [0.717, 1.165) is 25.0 Å². The monoisotopic (exact) mass is 441 g/mol. The van der Waals surface area contributed by atoms with Crippen LogP contribution >= 0.6 is 11.8 Å². The lowest BCUT2D eigenvalue weighted by Gasteiger charge is -2.52. The van der Waals surface area contributed by atoms with Crippen LogP contribution in [-0.4, -0.2) is 41.1 Å². The number of amides is 1. The first-order valence-electron chi connectivity index (χ1n) is 9.90. The van der Waals surface area contributed by atoms with Crippen LogP contribution in [0.5, 0.6) is 0 Å². The highest BCUT2D eigenvalue weighted by molar-refractivity contribution is 7.99. The number of hydrogen-bond donors (Lipinski definition) is 2. The fourth-order valence-corrected chi connectivity index (χ4v) is 5.57. The zero-order valence-electron chi connectivity index (χ0n) is 17.6. The maximum atomic E-state index is 15.0. The van der Waals surface area contributed by atoms with E-state index in [4.69, 9.17) is 9.47 Å². The van der Waals surface area contributed by atoms with Gasteiger partial charge in [0.25, 0.3) is 5.69 Å². The van der Waals surface area contributed by atoms with E-state index in [9.17, 15) is 14.9 Å². The van der Waals surface area contributed by atoms with Crippen molar-refractivity contribution in [2.24, 2.45) is 5.92 Å². The maximum absolute atomic E-state index is 15.0. The number of hydrogen-bond acceptors (Lipinski definition) is 7. The molecule has 8 nitrogen and oxygen atoms in total. The Morgan fingerprint density at radius 1 is 1.40 bits per heavy atom. The molecule has 2 fully saturated rings. The van der Waals surface area contributed by atoms with E-state index < -0.39 is 33.5 Å². The number of fused-ring (bicyclic) bond motifs is 1. The van der Waals surface area contributed by atoms with Crippen LogP contribution in [0.15, 0.2) is 18.2 Å². The normalized spacial score (nSPS) is 29.0. The fourth-order valence-electron chi connectivity index (χ4n) is 4.22. The molecule has 1 aromatic rings. The van der Waals surface area contributed by atoms with Crippen molar-refractivity contribution in [3.05, 3.63) is 39.7 Å². The summed E-state index contributed by atoms with van der Waals surface area (Å²) in [5.74, 6) is 0.173. The summed E-state index contributed by atoms with van der Waals surface area (Å²) < 4.78 is 25.9. The Morgan fingerprint density at radius 3 is 2.77 bits per heavy atom. The third-order valence-corrected chi connectivity index (χ3v) is 6.72. The Balaban J connectivity index is 1.95. The van der Waals surface area contributed by atoms with E-state index in [1.165, 1.54) is 17.8 Å². The molecule has 2 aliphatic rings. The summed E-state index contributed by atoms with van der Waals surface area (Å²) in [7, 11) is 1.61. The second-order valence-corrected chi connectivity index (χ2v) is 9.87. The van der Waals surface area contributed by atoms with Gasteiger partial charge >= 0.3 is 6.09 Å². The number of non-ortho nitro benzene ring substituents is 1. The molecule has 1 aliphatic heterocycles. The quantitative estimate of drug-likeness (QED) is 0.540. The summed E-state index contributed by atoms with van der Waals surface area (Å²) in [6.07, 6.45) is 1.34. The average molecular weight is 442 g/mol. The number of nitro groups is 1. The Kier molecular flexibility index (Phi) is 6.59. The van der Waals surface area contributed by atoms with Crippen molar-refractivity contribution in [2.45, 2.75) is 62.8 Å². The first kappa shape index (κ1) is 22.8. The van der Waals surface area contributed by atoms with Crippen LogP contribution in [0.25, 0.3) is 0 Å². The smallest absolute Gasteiger partial charge is 0.409 e. The molecule has 30 heavy (non-hydrogen) atoms. The van der Waals surface area contributed by atoms with Gasteiger partial charge in [-0.3, -0.25) is 20.7 Å². The topological polar surface area (TPSA) is 103 Å². The molecule has 1 aromatic carbocycles. The standard InChI is InChI=1S/C20H28FN3O5S/c1-19(2,3)29-18(25)22-17-23-20(10-14(28-4)7-5-12(20)11-30-17)15-9-13(24(26)27)6-8-16(15)21/h6,8-9,12,14,17,23H,5,7,10-11H2,1-4H3,(H,22,25). The molecule has 0 aromatic heterocycles. The Bertz CT molecular complexity index is 818. The Morgan fingerprint density at radius 2 is 2.13 bits per heavy atom. The number of nitro benzene ring substituents is 1. The molecule has 4 atom stereocenters. The lowest BCUT2D eigenvalue weighted by atomic mass is 9.68. The second-order valence-electron chi connectivity index (χ2n) is 8.73. The molecular weight excluding hydrogens is 413 g/mol. The predicted molar refractivity (Wildman–Crippen MR) is 112 cm³/mol. The van der Waals surface area contributed by atoms with Gasteiger partial charge in [-0.2, -0.15) is 0 Å². The fraction of sp³-hybridized carbons (Fsp3) is 0.650. The summed E-state index contributed by atoms with van der Waals surface area (Å²) in [6, 6.07) is 3.60. The molecule has 4 unspecified atom stereocenters. The number of alkyl carbamates (subject to hydrolysis) is 1. The number of thioether (sulfide) groups is 1. The number of carbonyl (C=O) groups excluding carboxylic acids is 1. The molecule has 1 saturated heterocycles. The zero-order chi connectivity index (χ0) is 22.1. The first-order chi connectivity index (χ1) is 14.0. The van der Waals surface area contributed by atoms with E-state index in [2.05, 4.69) is 10.6 Å². The molecule has 0 spiro atoms. The van der Waals surface area contributed by atoms with E-state index in [0.29, 0.717) is 12.2 Å². The lowest BCUT2D eigenvalue weighted by molar-refractivity contribution is -0.385. The largest absolute Gasteiger partial charge is 0.444 e. The van der Waals surface area contributed by atoms with Gasteiger partial charge in [0, 0.05) is 30.6 Å². The van der Waals surface area contributed by atoms with Crippen LogP contribution in [0.3, 0.4) is 0 Å². The van der Waals surface area contributed by atoms with E-state index in [1.54, 1.807) is 27.9 Å². The number of benzene rings is 1. The molecule has 1 amide bonds. The highest BCUT2D eigenvalue weighted by atomic mass is 32.2. The van der Waals surface area contributed by atoms with E-state index in [-0.39, 0.29) is 23.3 Å². The zero-order valence-corrected chi connectivity index (χ0v) is 18.4. The minimum atomic E-state index is -0.903. The highest BCUT2D eigenvalue weighted by Gasteiger charge is 2.51. The molecule has 3 rings (SSSR count). The minimum Gasteiger partial charge on any atom is -0.444 e. The van der Waals surface area contributed by atoms with Crippen molar-refractivity contribution >= 4 is 23.5 Å². The van der Waals surface area contributed by atoms with Gasteiger partial charge in [0.05, 0.1) is 16.6 Å². The highest BCUT2D eigenvalue weighted by Crippen LogP contribution is 2.48. The van der Waals surface area contributed by atoms with Crippen molar-refractivity contribution in [2.75, 3.05) is 12.9 Å².